The van der Waals surface area contributed by atoms with Crippen LogP contribution in [0.4, 0.5) is 24.5 Å². The summed E-state index contributed by atoms with van der Waals surface area (Å²) < 4.78 is 39.1. The zero-order chi connectivity index (χ0) is 21.8. The maximum absolute atomic E-state index is 13.0. The van der Waals surface area contributed by atoms with E-state index in [1.807, 2.05) is 0 Å². The number of nitrogens with one attached hydrogen (secondary N) is 2. The Labute approximate surface area is 165 Å². The first-order chi connectivity index (χ1) is 13.4. The minimum absolute atomic E-state index is 0.110. The number of aliphatic hydroxyl groups is 1. The van der Waals surface area contributed by atoms with Crippen molar-refractivity contribution in [3.8, 4) is 6.07 Å². The van der Waals surface area contributed by atoms with Crippen LogP contribution in [0.1, 0.15) is 30.5 Å². The summed E-state index contributed by atoms with van der Waals surface area (Å²) in [7, 11) is 0. The lowest BCUT2D eigenvalue weighted by atomic mass is 9.95. The van der Waals surface area contributed by atoms with E-state index in [-0.39, 0.29) is 18.0 Å². The topological polar surface area (TPSA) is 102 Å². The van der Waals surface area contributed by atoms with Gasteiger partial charge in [0.05, 0.1) is 17.2 Å². The van der Waals surface area contributed by atoms with Gasteiger partial charge in [-0.3, -0.25) is 9.59 Å². The lowest BCUT2D eigenvalue weighted by Gasteiger charge is -2.23. The molecule has 0 fully saturated rings. The van der Waals surface area contributed by atoms with Crippen molar-refractivity contribution >= 4 is 23.2 Å². The number of benzene rings is 2. The molecule has 2 rings (SSSR count). The largest absolute Gasteiger partial charge is 0.417 e. The highest BCUT2D eigenvalue weighted by molar-refractivity contribution is 5.97. The fourth-order valence-electron chi connectivity index (χ4n) is 2.61. The number of hydrogen-bond acceptors (Lipinski definition) is 4. The minimum Gasteiger partial charge on any atom is -0.380 e. The predicted octanol–water partition coefficient (Wildman–Crippen LogP) is 3.47. The number of hydrogen-bond donors (Lipinski definition) is 3. The van der Waals surface area contributed by atoms with Gasteiger partial charge in [0.2, 0.25) is 5.91 Å². The standard InChI is InChI=1S/C20H18F3N3O3/c1-12(27)25-15-6-3-13(4-7-15)10-19(2,29)18(28)26-16-8-5-14(11-24)17(9-16)20(21,22)23/h3-9,29H,10H2,1-2H3,(H,25,27)(H,26,28). The molecule has 2 aromatic rings. The molecule has 0 heterocycles. The molecule has 0 aliphatic carbocycles. The molecule has 0 aromatic heterocycles. The molecule has 0 radical (unpaired) electrons. The van der Waals surface area contributed by atoms with Crippen LogP contribution in [-0.4, -0.2) is 22.5 Å². The average molecular weight is 405 g/mol. The normalized spacial score (nSPS) is 13.1. The molecule has 9 heteroatoms. The number of carbonyl (C=O) groups excluding carboxylic acids is 2. The number of alkyl halides is 3. The van der Waals surface area contributed by atoms with E-state index in [4.69, 9.17) is 5.26 Å². The van der Waals surface area contributed by atoms with Crippen LogP contribution < -0.4 is 10.6 Å². The summed E-state index contributed by atoms with van der Waals surface area (Å²) in [5.74, 6) is -1.15. The molecule has 2 aromatic carbocycles. The first-order valence-electron chi connectivity index (χ1n) is 8.44. The molecule has 6 nitrogen and oxygen atoms in total. The van der Waals surface area contributed by atoms with Crippen molar-refractivity contribution in [2.45, 2.75) is 32.0 Å². The van der Waals surface area contributed by atoms with Crippen molar-refractivity contribution < 1.29 is 27.9 Å². The van der Waals surface area contributed by atoms with Crippen molar-refractivity contribution in [1.82, 2.24) is 0 Å². The van der Waals surface area contributed by atoms with E-state index in [1.165, 1.54) is 19.9 Å². The van der Waals surface area contributed by atoms with Crippen molar-refractivity contribution in [2.75, 3.05) is 10.6 Å². The van der Waals surface area contributed by atoms with Gasteiger partial charge in [0.1, 0.15) is 5.60 Å². The van der Waals surface area contributed by atoms with Crippen molar-refractivity contribution in [3.05, 3.63) is 59.2 Å². The van der Waals surface area contributed by atoms with Gasteiger partial charge in [-0.25, -0.2) is 0 Å². The molecule has 2 amide bonds. The third-order valence-corrected chi connectivity index (χ3v) is 4.02. The maximum atomic E-state index is 13.0. The SMILES string of the molecule is CC(=O)Nc1ccc(CC(C)(O)C(=O)Nc2ccc(C#N)c(C(F)(F)F)c2)cc1. The van der Waals surface area contributed by atoms with E-state index in [2.05, 4.69) is 10.6 Å². The summed E-state index contributed by atoms with van der Waals surface area (Å²) >= 11 is 0. The van der Waals surface area contributed by atoms with Gasteiger partial charge in [0.25, 0.3) is 5.91 Å². The Hall–Kier alpha value is -3.38. The number of anilines is 2. The summed E-state index contributed by atoms with van der Waals surface area (Å²) in [6.07, 6.45) is -4.87. The van der Waals surface area contributed by atoms with Crippen molar-refractivity contribution in [3.63, 3.8) is 0 Å². The van der Waals surface area contributed by atoms with Gasteiger partial charge in [-0.2, -0.15) is 18.4 Å². The van der Waals surface area contributed by atoms with E-state index in [0.29, 0.717) is 17.3 Å². The molecule has 29 heavy (non-hydrogen) atoms. The number of nitriles is 1. The third-order valence-electron chi connectivity index (χ3n) is 4.02. The smallest absolute Gasteiger partial charge is 0.380 e. The van der Waals surface area contributed by atoms with Crippen LogP contribution in [0, 0.1) is 11.3 Å². The Bertz CT molecular complexity index is 962. The number of amides is 2. The molecule has 152 valence electrons. The molecular weight excluding hydrogens is 387 g/mol. The fraction of sp³-hybridized carbons (Fsp3) is 0.250. The van der Waals surface area contributed by atoms with Gasteiger partial charge in [-0.1, -0.05) is 12.1 Å². The molecule has 0 saturated heterocycles. The van der Waals surface area contributed by atoms with Crippen LogP contribution in [0.15, 0.2) is 42.5 Å². The molecule has 0 aliphatic heterocycles. The second-order valence-electron chi connectivity index (χ2n) is 6.65. The summed E-state index contributed by atoms with van der Waals surface area (Å²) in [5, 5.41) is 24.1. The van der Waals surface area contributed by atoms with E-state index in [0.717, 1.165) is 12.1 Å². The third kappa shape index (κ3) is 5.80. The van der Waals surface area contributed by atoms with Gasteiger partial charge in [-0.15, -0.1) is 0 Å². The van der Waals surface area contributed by atoms with Crippen LogP contribution >= 0.6 is 0 Å². The Morgan fingerprint density at radius 2 is 1.66 bits per heavy atom. The van der Waals surface area contributed by atoms with Crippen molar-refractivity contribution in [2.24, 2.45) is 0 Å². The predicted molar refractivity (Wildman–Crippen MR) is 99.9 cm³/mol. The van der Waals surface area contributed by atoms with E-state index < -0.39 is 28.8 Å². The highest BCUT2D eigenvalue weighted by Crippen LogP contribution is 2.33. The fourth-order valence-corrected chi connectivity index (χ4v) is 2.61. The number of carbonyl (C=O) groups is 2. The zero-order valence-corrected chi connectivity index (χ0v) is 15.6. The zero-order valence-electron chi connectivity index (χ0n) is 15.6. The van der Waals surface area contributed by atoms with Gasteiger partial charge in [-0.05, 0) is 42.8 Å². The van der Waals surface area contributed by atoms with Crippen LogP contribution in [0.25, 0.3) is 0 Å². The van der Waals surface area contributed by atoms with Crippen LogP contribution in [0.3, 0.4) is 0 Å². The summed E-state index contributed by atoms with van der Waals surface area (Å²) in [6, 6.07) is 10.6. The van der Waals surface area contributed by atoms with Gasteiger partial charge < -0.3 is 15.7 Å². The van der Waals surface area contributed by atoms with E-state index in [9.17, 15) is 27.9 Å². The Morgan fingerprint density at radius 3 is 2.17 bits per heavy atom. The number of nitrogens with zero attached hydrogens (tertiary/aromatic N) is 1. The van der Waals surface area contributed by atoms with E-state index in [1.54, 1.807) is 24.3 Å². The Kier molecular flexibility index (Phi) is 6.29. The summed E-state index contributed by atoms with van der Waals surface area (Å²) in [5.41, 5.74) is -2.73. The minimum atomic E-state index is -4.76. The molecule has 1 atom stereocenters. The molecule has 0 saturated carbocycles. The van der Waals surface area contributed by atoms with E-state index >= 15 is 0 Å². The molecule has 0 bridgehead atoms. The molecule has 3 N–H and O–H groups in total. The molecule has 1 unspecified atom stereocenters. The van der Waals surface area contributed by atoms with Crippen LogP contribution in [0.5, 0.6) is 0 Å². The van der Waals surface area contributed by atoms with Crippen LogP contribution in [-0.2, 0) is 22.2 Å². The first-order valence-corrected chi connectivity index (χ1v) is 8.44. The second-order valence-corrected chi connectivity index (χ2v) is 6.65. The quantitative estimate of drug-likeness (QED) is 0.709. The monoisotopic (exact) mass is 405 g/mol. The first kappa shape index (κ1) is 21.9. The average Bonchev–Trinajstić information content (AvgIpc) is 2.62. The van der Waals surface area contributed by atoms with Crippen LogP contribution in [0.2, 0.25) is 0 Å². The molecule has 0 spiro atoms. The van der Waals surface area contributed by atoms with Gasteiger partial charge >= 0.3 is 6.18 Å². The van der Waals surface area contributed by atoms with Crippen molar-refractivity contribution in [1.29, 1.82) is 5.26 Å². The highest BCUT2D eigenvalue weighted by Gasteiger charge is 2.35. The lowest BCUT2D eigenvalue weighted by molar-refractivity contribution is -0.138. The van der Waals surface area contributed by atoms with Gasteiger partial charge in [0.15, 0.2) is 0 Å². The second kappa shape index (κ2) is 8.32. The summed E-state index contributed by atoms with van der Waals surface area (Å²) in [4.78, 5) is 23.4. The van der Waals surface area contributed by atoms with Gasteiger partial charge in [0, 0.05) is 24.7 Å². The lowest BCUT2D eigenvalue weighted by Crippen LogP contribution is -2.42. The molecular formula is C20H18F3N3O3. The summed E-state index contributed by atoms with van der Waals surface area (Å²) in [6.45, 7) is 2.59. The Balaban J connectivity index is 2.15. The molecule has 0 aliphatic rings. The number of halogens is 3. The maximum Gasteiger partial charge on any atom is 0.417 e. The number of rotatable bonds is 5. The highest BCUT2D eigenvalue weighted by atomic mass is 19.4. The Morgan fingerprint density at radius 1 is 1.07 bits per heavy atom.